The molecule has 4 rings (SSSR count). The lowest BCUT2D eigenvalue weighted by atomic mass is 9.86. The summed E-state index contributed by atoms with van der Waals surface area (Å²) in [6, 6.07) is 17.6. The number of hydrogen-bond donors (Lipinski definition) is 0. The van der Waals surface area contributed by atoms with E-state index in [0.717, 1.165) is 25.6 Å². The molecule has 0 aromatic heterocycles. The summed E-state index contributed by atoms with van der Waals surface area (Å²) in [5, 5.41) is 0. The van der Waals surface area contributed by atoms with Gasteiger partial charge in [-0.2, -0.15) is 0 Å². The Labute approximate surface area is 138 Å². The van der Waals surface area contributed by atoms with Gasteiger partial charge in [0.15, 0.2) is 0 Å². The average Bonchev–Trinajstić information content (AvgIpc) is 3.10. The van der Waals surface area contributed by atoms with Crippen LogP contribution in [0.5, 0.6) is 0 Å². The Morgan fingerprint density at radius 1 is 1.00 bits per heavy atom. The van der Waals surface area contributed by atoms with E-state index >= 15 is 0 Å². The van der Waals surface area contributed by atoms with E-state index in [4.69, 9.17) is 4.99 Å². The van der Waals surface area contributed by atoms with E-state index in [1.807, 2.05) is 0 Å². The number of aliphatic imine (C=N–C) groups is 1. The molecule has 0 atom stereocenters. The maximum atomic E-state index is 4.73. The van der Waals surface area contributed by atoms with Gasteiger partial charge in [-0.1, -0.05) is 57.2 Å². The molecule has 0 radical (unpaired) electrons. The lowest BCUT2D eigenvalue weighted by molar-refractivity contribution is 0.589. The fraction of sp³-hybridized carbons (Fsp3) is 0.350. The number of anilines is 2. The molecule has 0 aliphatic carbocycles. The number of hydrogen-bond acceptors (Lipinski definition) is 3. The third-order valence-corrected chi connectivity index (χ3v) is 4.66. The molecule has 3 heteroatoms. The minimum absolute atomic E-state index is 0.176. The van der Waals surface area contributed by atoms with Crippen molar-refractivity contribution < 1.29 is 0 Å². The first kappa shape index (κ1) is 14.3. The maximum Gasteiger partial charge on any atom is 0.206 e. The Morgan fingerprint density at radius 2 is 1.78 bits per heavy atom. The van der Waals surface area contributed by atoms with Crippen LogP contribution in [0.1, 0.15) is 31.9 Å². The van der Waals surface area contributed by atoms with Gasteiger partial charge < -0.3 is 9.80 Å². The Morgan fingerprint density at radius 3 is 2.57 bits per heavy atom. The van der Waals surface area contributed by atoms with Crippen molar-refractivity contribution in [3.8, 4) is 0 Å². The predicted octanol–water partition coefficient (Wildman–Crippen LogP) is 4.18. The third-order valence-electron chi connectivity index (χ3n) is 4.66. The van der Waals surface area contributed by atoms with E-state index in [9.17, 15) is 0 Å². The van der Waals surface area contributed by atoms with Crippen molar-refractivity contribution in [2.45, 2.75) is 32.7 Å². The molecular formula is C20H23N3. The van der Waals surface area contributed by atoms with E-state index in [2.05, 4.69) is 79.1 Å². The van der Waals surface area contributed by atoms with Crippen molar-refractivity contribution in [1.82, 2.24) is 0 Å². The van der Waals surface area contributed by atoms with Crippen molar-refractivity contribution in [3.63, 3.8) is 0 Å². The number of para-hydroxylation sites is 2. The zero-order valence-electron chi connectivity index (χ0n) is 14.1. The van der Waals surface area contributed by atoms with Gasteiger partial charge in [-0.25, -0.2) is 0 Å². The van der Waals surface area contributed by atoms with Crippen LogP contribution in [0.3, 0.4) is 0 Å². The molecule has 0 N–H and O–H groups in total. The highest BCUT2D eigenvalue weighted by atomic mass is 15.5. The molecule has 0 saturated heterocycles. The van der Waals surface area contributed by atoms with Gasteiger partial charge in [-0.3, -0.25) is 4.99 Å². The summed E-state index contributed by atoms with van der Waals surface area (Å²) >= 11 is 0. The molecule has 2 aromatic carbocycles. The van der Waals surface area contributed by atoms with E-state index in [-0.39, 0.29) is 5.41 Å². The number of benzene rings is 2. The molecular weight excluding hydrogens is 282 g/mol. The van der Waals surface area contributed by atoms with E-state index < -0.39 is 0 Å². The van der Waals surface area contributed by atoms with Gasteiger partial charge in [0.1, 0.15) is 0 Å². The van der Waals surface area contributed by atoms with Crippen molar-refractivity contribution in [3.05, 3.63) is 59.7 Å². The first-order chi connectivity index (χ1) is 11.0. The van der Waals surface area contributed by atoms with Crippen LogP contribution in [0.2, 0.25) is 0 Å². The van der Waals surface area contributed by atoms with Crippen molar-refractivity contribution in [1.29, 1.82) is 0 Å². The zero-order valence-corrected chi connectivity index (χ0v) is 14.1. The summed E-state index contributed by atoms with van der Waals surface area (Å²) in [5.74, 6) is 1.10. The van der Waals surface area contributed by atoms with Crippen LogP contribution >= 0.6 is 0 Å². The summed E-state index contributed by atoms with van der Waals surface area (Å²) in [4.78, 5) is 9.42. The van der Waals surface area contributed by atoms with Crippen LogP contribution in [-0.2, 0) is 12.0 Å². The SMILES string of the molecule is CC(C)(C)c1cccc(CN2C3=NCCN3c3ccccc32)c1. The molecule has 118 valence electrons. The second-order valence-corrected chi connectivity index (χ2v) is 7.36. The smallest absolute Gasteiger partial charge is 0.206 e. The zero-order chi connectivity index (χ0) is 16.0. The van der Waals surface area contributed by atoms with Crippen LogP contribution < -0.4 is 9.80 Å². The van der Waals surface area contributed by atoms with Gasteiger partial charge >= 0.3 is 0 Å². The second kappa shape index (κ2) is 5.12. The number of fused-ring (bicyclic) bond motifs is 3. The Kier molecular flexibility index (Phi) is 3.19. The van der Waals surface area contributed by atoms with E-state index in [1.165, 1.54) is 22.5 Å². The predicted molar refractivity (Wildman–Crippen MR) is 97.4 cm³/mol. The topological polar surface area (TPSA) is 18.8 Å². The molecule has 0 saturated carbocycles. The highest BCUT2D eigenvalue weighted by molar-refractivity contribution is 6.16. The Balaban J connectivity index is 1.69. The van der Waals surface area contributed by atoms with Crippen molar-refractivity contribution in [2.75, 3.05) is 22.9 Å². The Hall–Kier alpha value is -2.29. The highest BCUT2D eigenvalue weighted by Crippen LogP contribution is 2.39. The van der Waals surface area contributed by atoms with Crippen LogP contribution in [-0.4, -0.2) is 19.0 Å². The lowest BCUT2D eigenvalue weighted by Gasteiger charge is -2.23. The first-order valence-electron chi connectivity index (χ1n) is 8.32. The normalized spacial score (nSPS) is 16.4. The largest absolute Gasteiger partial charge is 0.308 e. The molecule has 0 bridgehead atoms. The summed E-state index contributed by atoms with van der Waals surface area (Å²) < 4.78 is 0. The minimum Gasteiger partial charge on any atom is -0.308 e. The Bertz CT molecular complexity index is 770. The van der Waals surface area contributed by atoms with Crippen LogP contribution in [0.4, 0.5) is 11.4 Å². The van der Waals surface area contributed by atoms with Gasteiger partial charge in [0, 0.05) is 6.54 Å². The first-order valence-corrected chi connectivity index (χ1v) is 8.32. The summed E-state index contributed by atoms with van der Waals surface area (Å²) in [7, 11) is 0. The molecule has 3 nitrogen and oxygen atoms in total. The quantitative estimate of drug-likeness (QED) is 0.829. The fourth-order valence-corrected chi connectivity index (χ4v) is 3.40. The maximum absolute atomic E-state index is 4.73. The molecule has 2 aliphatic heterocycles. The van der Waals surface area contributed by atoms with E-state index in [1.54, 1.807) is 0 Å². The molecule has 2 aromatic rings. The van der Waals surface area contributed by atoms with Crippen LogP contribution in [0, 0.1) is 0 Å². The average molecular weight is 305 g/mol. The van der Waals surface area contributed by atoms with Crippen LogP contribution in [0.25, 0.3) is 0 Å². The van der Waals surface area contributed by atoms with Gasteiger partial charge in [0.2, 0.25) is 5.96 Å². The number of nitrogens with zero attached hydrogens (tertiary/aromatic N) is 3. The summed E-state index contributed by atoms with van der Waals surface area (Å²) in [6.45, 7) is 9.55. The molecule has 0 spiro atoms. The molecule has 0 unspecified atom stereocenters. The minimum atomic E-state index is 0.176. The highest BCUT2D eigenvalue weighted by Gasteiger charge is 2.34. The third kappa shape index (κ3) is 2.40. The second-order valence-electron chi connectivity index (χ2n) is 7.36. The lowest BCUT2D eigenvalue weighted by Crippen LogP contribution is -2.35. The molecule has 2 heterocycles. The summed E-state index contributed by atoms with van der Waals surface area (Å²) in [6.07, 6.45) is 0. The molecule has 0 amide bonds. The molecule has 2 aliphatic rings. The fourth-order valence-electron chi connectivity index (χ4n) is 3.40. The van der Waals surface area contributed by atoms with Crippen molar-refractivity contribution >= 4 is 17.3 Å². The standard InChI is InChI=1S/C20H23N3/c1-20(2,3)16-8-6-7-15(13-16)14-23-18-10-5-4-9-17(18)22-12-11-21-19(22)23/h4-10,13H,11-12,14H2,1-3H3. The monoisotopic (exact) mass is 305 g/mol. The van der Waals surface area contributed by atoms with Crippen LogP contribution in [0.15, 0.2) is 53.5 Å². The molecule has 0 fully saturated rings. The summed E-state index contributed by atoms with van der Waals surface area (Å²) in [5.41, 5.74) is 5.45. The van der Waals surface area contributed by atoms with Gasteiger partial charge in [0.05, 0.1) is 24.5 Å². The number of rotatable bonds is 2. The van der Waals surface area contributed by atoms with Crippen molar-refractivity contribution in [2.24, 2.45) is 4.99 Å². The molecule has 23 heavy (non-hydrogen) atoms. The van der Waals surface area contributed by atoms with E-state index in [0.29, 0.717) is 0 Å². The van der Waals surface area contributed by atoms with Gasteiger partial charge in [-0.05, 0) is 28.7 Å². The van der Waals surface area contributed by atoms with Gasteiger partial charge in [-0.15, -0.1) is 0 Å². The van der Waals surface area contributed by atoms with Gasteiger partial charge in [0.25, 0.3) is 0 Å². The number of guanidine groups is 1.